The topological polar surface area (TPSA) is 83.6 Å². The van der Waals surface area contributed by atoms with E-state index in [2.05, 4.69) is 15.3 Å². The van der Waals surface area contributed by atoms with Crippen molar-refractivity contribution in [2.45, 2.75) is 6.92 Å². The number of nitrogens with zero attached hydrogens (tertiary/aromatic N) is 4. The maximum Gasteiger partial charge on any atom is 0.241 e. The summed E-state index contributed by atoms with van der Waals surface area (Å²) in [5.41, 5.74) is 2.41. The predicted molar refractivity (Wildman–Crippen MR) is 82.3 cm³/mol. The van der Waals surface area contributed by atoms with Gasteiger partial charge in [-0.3, -0.25) is 9.36 Å². The molecule has 1 N–H and O–H groups in total. The minimum Gasteiger partial charge on any atom is -0.324 e. The van der Waals surface area contributed by atoms with E-state index in [-0.39, 0.29) is 5.91 Å². The van der Waals surface area contributed by atoms with Gasteiger partial charge in [0, 0.05) is 0 Å². The zero-order valence-electron chi connectivity index (χ0n) is 11.9. The zero-order chi connectivity index (χ0) is 15.5. The van der Waals surface area contributed by atoms with Crippen LogP contribution in [0.4, 0.5) is 5.69 Å². The number of hydrogen-bond acceptors (Lipinski definition) is 4. The molecule has 0 spiro atoms. The number of nitrogens with one attached hydrogen (secondary N) is 1. The van der Waals surface area contributed by atoms with Crippen molar-refractivity contribution in [3.63, 3.8) is 0 Å². The molecule has 0 radical (unpaired) electrons. The maximum atomic E-state index is 11.7. The van der Waals surface area contributed by atoms with Gasteiger partial charge in [-0.1, -0.05) is 12.1 Å². The molecule has 2 aromatic heterocycles. The monoisotopic (exact) mass is 291 g/mol. The minimum atomic E-state index is -0.697. The molecule has 0 fully saturated rings. The summed E-state index contributed by atoms with van der Waals surface area (Å²) < 4.78 is 1.87. The Morgan fingerprint density at radius 3 is 2.82 bits per heavy atom. The van der Waals surface area contributed by atoms with Crippen LogP contribution in [0.15, 0.2) is 48.9 Å². The summed E-state index contributed by atoms with van der Waals surface area (Å²) in [7, 11) is 0. The molecule has 22 heavy (non-hydrogen) atoms. The lowest BCUT2D eigenvalue weighted by Gasteiger charge is -2.07. The summed E-state index contributed by atoms with van der Waals surface area (Å²) in [5, 5.41) is 11.4. The van der Waals surface area contributed by atoms with E-state index in [1.807, 2.05) is 34.9 Å². The number of amides is 1. The standard InChI is InChI=1S/C16H13N5O/c1-11(8-17)16(22)20-12-6-7-15(18-9-12)21-10-19-13-4-2-3-5-14(13)21/h2-7,9-11H,1H3,(H,20,22). The Kier molecular flexibility index (Phi) is 3.54. The average molecular weight is 291 g/mol. The SMILES string of the molecule is CC(C#N)C(=O)Nc1ccc(-n2cnc3ccccc32)nc1. The van der Waals surface area contributed by atoms with Gasteiger partial charge in [-0.05, 0) is 31.2 Å². The van der Waals surface area contributed by atoms with Crippen LogP contribution >= 0.6 is 0 Å². The Labute approximate surface area is 127 Å². The molecule has 108 valence electrons. The van der Waals surface area contributed by atoms with Crippen LogP contribution in [0, 0.1) is 17.2 Å². The average Bonchev–Trinajstić information content (AvgIpc) is 2.99. The molecule has 1 unspecified atom stereocenters. The first-order valence-electron chi connectivity index (χ1n) is 6.78. The molecule has 0 aliphatic heterocycles. The number of anilines is 1. The summed E-state index contributed by atoms with van der Waals surface area (Å²) in [4.78, 5) is 20.3. The van der Waals surface area contributed by atoms with Gasteiger partial charge >= 0.3 is 0 Å². The number of imidazole rings is 1. The van der Waals surface area contributed by atoms with E-state index in [4.69, 9.17) is 5.26 Å². The van der Waals surface area contributed by atoms with Crippen molar-refractivity contribution in [2.24, 2.45) is 5.92 Å². The van der Waals surface area contributed by atoms with E-state index < -0.39 is 5.92 Å². The maximum absolute atomic E-state index is 11.7. The summed E-state index contributed by atoms with van der Waals surface area (Å²) in [6, 6.07) is 13.2. The van der Waals surface area contributed by atoms with Crippen LogP contribution in [0.1, 0.15) is 6.92 Å². The number of carbonyl (C=O) groups is 1. The number of benzene rings is 1. The first-order valence-corrected chi connectivity index (χ1v) is 6.78. The van der Waals surface area contributed by atoms with E-state index in [0.717, 1.165) is 11.0 Å². The van der Waals surface area contributed by atoms with Crippen LogP contribution in [0.5, 0.6) is 0 Å². The molecule has 0 saturated carbocycles. The number of hydrogen-bond donors (Lipinski definition) is 1. The number of carbonyl (C=O) groups excluding carboxylic acids is 1. The number of para-hydroxylation sites is 2. The van der Waals surface area contributed by atoms with Crippen LogP contribution in [-0.4, -0.2) is 20.4 Å². The lowest BCUT2D eigenvalue weighted by Crippen LogP contribution is -2.19. The fourth-order valence-electron chi connectivity index (χ4n) is 2.05. The van der Waals surface area contributed by atoms with Crippen LogP contribution in [-0.2, 0) is 4.79 Å². The Bertz CT molecular complexity index is 860. The van der Waals surface area contributed by atoms with Crippen molar-refractivity contribution in [2.75, 3.05) is 5.32 Å². The van der Waals surface area contributed by atoms with Crippen LogP contribution in [0.25, 0.3) is 16.9 Å². The third-order valence-electron chi connectivity index (χ3n) is 3.30. The fourth-order valence-corrected chi connectivity index (χ4v) is 2.05. The lowest BCUT2D eigenvalue weighted by atomic mass is 10.2. The van der Waals surface area contributed by atoms with Gasteiger partial charge < -0.3 is 5.32 Å². The molecule has 1 amide bonds. The Hall–Kier alpha value is -3.20. The molecular formula is C16H13N5O. The van der Waals surface area contributed by atoms with E-state index >= 15 is 0 Å². The van der Waals surface area contributed by atoms with E-state index in [9.17, 15) is 4.79 Å². The van der Waals surface area contributed by atoms with Gasteiger partial charge in [-0.2, -0.15) is 5.26 Å². The molecule has 0 aliphatic rings. The Balaban J connectivity index is 1.86. The molecule has 6 nitrogen and oxygen atoms in total. The second kappa shape index (κ2) is 5.66. The first kappa shape index (κ1) is 13.8. The van der Waals surface area contributed by atoms with Crippen molar-refractivity contribution in [1.82, 2.24) is 14.5 Å². The van der Waals surface area contributed by atoms with Gasteiger partial charge in [0.05, 0.1) is 29.0 Å². The van der Waals surface area contributed by atoms with Crippen LogP contribution < -0.4 is 5.32 Å². The van der Waals surface area contributed by atoms with Gasteiger partial charge in [-0.15, -0.1) is 0 Å². The third-order valence-corrected chi connectivity index (χ3v) is 3.30. The highest BCUT2D eigenvalue weighted by molar-refractivity contribution is 5.93. The zero-order valence-corrected chi connectivity index (χ0v) is 11.9. The van der Waals surface area contributed by atoms with Gasteiger partial charge in [0.2, 0.25) is 5.91 Å². The van der Waals surface area contributed by atoms with Gasteiger partial charge in [0.1, 0.15) is 18.1 Å². The first-order chi connectivity index (χ1) is 10.7. The largest absolute Gasteiger partial charge is 0.324 e. The van der Waals surface area contributed by atoms with E-state index in [1.54, 1.807) is 31.6 Å². The van der Waals surface area contributed by atoms with Crippen molar-refractivity contribution in [3.8, 4) is 11.9 Å². The second-order valence-electron chi connectivity index (χ2n) is 4.85. The van der Waals surface area contributed by atoms with E-state index in [1.165, 1.54) is 0 Å². The summed E-state index contributed by atoms with van der Waals surface area (Å²) in [5.74, 6) is -0.331. The van der Waals surface area contributed by atoms with Gasteiger partial charge in [0.15, 0.2) is 0 Å². The fraction of sp³-hybridized carbons (Fsp3) is 0.125. The summed E-state index contributed by atoms with van der Waals surface area (Å²) >= 11 is 0. The predicted octanol–water partition coefficient (Wildman–Crippen LogP) is 2.52. The normalized spacial score (nSPS) is 11.8. The molecule has 0 bridgehead atoms. The van der Waals surface area contributed by atoms with Crippen LogP contribution in [0.3, 0.4) is 0 Å². The van der Waals surface area contributed by atoms with Crippen molar-refractivity contribution in [3.05, 3.63) is 48.9 Å². The number of fused-ring (bicyclic) bond motifs is 1. The van der Waals surface area contributed by atoms with Crippen molar-refractivity contribution in [1.29, 1.82) is 5.26 Å². The Morgan fingerprint density at radius 2 is 2.09 bits per heavy atom. The molecule has 3 rings (SSSR count). The lowest BCUT2D eigenvalue weighted by molar-refractivity contribution is -0.117. The molecule has 1 aromatic carbocycles. The molecular weight excluding hydrogens is 278 g/mol. The molecule has 2 heterocycles. The number of rotatable bonds is 3. The Morgan fingerprint density at radius 1 is 1.27 bits per heavy atom. The molecule has 0 saturated heterocycles. The van der Waals surface area contributed by atoms with Gasteiger partial charge in [0.25, 0.3) is 0 Å². The summed E-state index contributed by atoms with van der Waals surface area (Å²) in [6.07, 6.45) is 3.27. The highest BCUT2D eigenvalue weighted by atomic mass is 16.1. The smallest absolute Gasteiger partial charge is 0.241 e. The van der Waals surface area contributed by atoms with Crippen LogP contribution in [0.2, 0.25) is 0 Å². The second-order valence-corrected chi connectivity index (χ2v) is 4.85. The number of nitriles is 1. The molecule has 6 heteroatoms. The molecule has 3 aromatic rings. The minimum absolute atomic E-state index is 0.342. The molecule has 0 aliphatic carbocycles. The third kappa shape index (κ3) is 2.52. The highest BCUT2D eigenvalue weighted by Gasteiger charge is 2.12. The number of aromatic nitrogens is 3. The van der Waals surface area contributed by atoms with E-state index in [0.29, 0.717) is 11.5 Å². The molecule has 1 atom stereocenters. The van der Waals surface area contributed by atoms with Crippen molar-refractivity contribution >= 4 is 22.6 Å². The highest BCUT2D eigenvalue weighted by Crippen LogP contribution is 2.17. The van der Waals surface area contributed by atoms with Gasteiger partial charge in [-0.25, -0.2) is 9.97 Å². The summed E-state index contributed by atoms with van der Waals surface area (Å²) in [6.45, 7) is 1.55. The quantitative estimate of drug-likeness (QED) is 0.803. The van der Waals surface area contributed by atoms with Crippen molar-refractivity contribution < 1.29 is 4.79 Å². The number of pyridine rings is 1.